The highest BCUT2D eigenvalue weighted by Gasteiger charge is 2.24. The van der Waals surface area contributed by atoms with Gasteiger partial charge in [-0.1, -0.05) is 49.7 Å². The summed E-state index contributed by atoms with van der Waals surface area (Å²) >= 11 is 1.39. The summed E-state index contributed by atoms with van der Waals surface area (Å²) in [7, 11) is 0. The van der Waals surface area contributed by atoms with Crippen molar-refractivity contribution in [2.24, 2.45) is 5.92 Å². The third kappa shape index (κ3) is 5.62. The van der Waals surface area contributed by atoms with Gasteiger partial charge in [0.15, 0.2) is 11.0 Å². The first kappa shape index (κ1) is 22.3. The summed E-state index contributed by atoms with van der Waals surface area (Å²) in [6, 6.07) is 9.09. The quantitative estimate of drug-likeness (QED) is 0.626. The molecule has 30 heavy (non-hydrogen) atoms. The van der Waals surface area contributed by atoms with Crippen molar-refractivity contribution in [3.8, 4) is 0 Å². The van der Waals surface area contributed by atoms with Crippen LogP contribution in [0.25, 0.3) is 0 Å². The molecule has 1 aliphatic rings. The van der Waals surface area contributed by atoms with E-state index >= 15 is 0 Å². The van der Waals surface area contributed by atoms with Crippen molar-refractivity contribution in [2.75, 3.05) is 5.75 Å². The molecule has 0 bridgehead atoms. The van der Waals surface area contributed by atoms with Crippen LogP contribution in [-0.4, -0.2) is 38.4 Å². The molecule has 1 aliphatic carbocycles. The fraction of sp³-hybridized carbons (Fsp3) is 0.545. The van der Waals surface area contributed by atoms with Gasteiger partial charge in [-0.05, 0) is 44.7 Å². The lowest BCUT2D eigenvalue weighted by Crippen LogP contribution is -2.41. The molecule has 8 heteroatoms. The Morgan fingerprint density at radius 1 is 1.20 bits per heavy atom. The molecule has 0 saturated heterocycles. The molecule has 2 N–H and O–H groups in total. The molecule has 0 radical (unpaired) electrons. The van der Waals surface area contributed by atoms with Gasteiger partial charge in [0, 0.05) is 18.2 Å². The number of rotatable bonds is 8. The van der Waals surface area contributed by atoms with Crippen molar-refractivity contribution in [2.45, 2.75) is 70.2 Å². The predicted octanol–water partition coefficient (Wildman–Crippen LogP) is 3.58. The number of carbonyl (C=O) groups is 2. The zero-order chi connectivity index (χ0) is 21.5. The van der Waals surface area contributed by atoms with E-state index in [1.807, 2.05) is 36.6 Å². The van der Waals surface area contributed by atoms with Gasteiger partial charge >= 0.3 is 0 Å². The van der Waals surface area contributed by atoms with E-state index in [0.717, 1.165) is 6.42 Å². The van der Waals surface area contributed by atoms with E-state index in [0.29, 0.717) is 34.8 Å². The summed E-state index contributed by atoms with van der Waals surface area (Å²) in [5.74, 6) is 1.42. The van der Waals surface area contributed by atoms with E-state index in [1.165, 1.54) is 31.0 Å². The number of carbonyl (C=O) groups excluding carboxylic acids is 2. The number of hydrogen-bond acceptors (Lipinski definition) is 5. The van der Waals surface area contributed by atoms with Gasteiger partial charge in [0.2, 0.25) is 5.91 Å². The first-order chi connectivity index (χ1) is 14.5. The van der Waals surface area contributed by atoms with Crippen LogP contribution in [0.3, 0.4) is 0 Å². The largest absolute Gasteiger partial charge is 0.352 e. The van der Waals surface area contributed by atoms with Crippen molar-refractivity contribution in [3.63, 3.8) is 0 Å². The zero-order valence-electron chi connectivity index (χ0n) is 17.9. The number of benzene rings is 1. The van der Waals surface area contributed by atoms with Gasteiger partial charge in [0.05, 0.1) is 11.8 Å². The third-order valence-electron chi connectivity index (χ3n) is 5.62. The number of nitrogens with zero attached hydrogens (tertiary/aromatic N) is 3. The zero-order valence-corrected chi connectivity index (χ0v) is 18.7. The Hall–Kier alpha value is -2.35. The summed E-state index contributed by atoms with van der Waals surface area (Å²) in [5.41, 5.74) is 0.607. The van der Waals surface area contributed by atoms with Crippen LogP contribution >= 0.6 is 11.8 Å². The van der Waals surface area contributed by atoms with Crippen LogP contribution < -0.4 is 10.6 Å². The van der Waals surface area contributed by atoms with Crippen molar-refractivity contribution in [3.05, 3.63) is 41.7 Å². The molecule has 1 heterocycles. The molecule has 0 unspecified atom stereocenters. The normalized spacial score (nSPS) is 19.8. The maximum absolute atomic E-state index is 12.4. The van der Waals surface area contributed by atoms with Crippen molar-refractivity contribution in [1.29, 1.82) is 0 Å². The first-order valence-corrected chi connectivity index (χ1v) is 11.7. The summed E-state index contributed by atoms with van der Waals surface area (Å²) in [6.45, 7) is 6.77. The minimum Gasteiger partial charge on any atom is -0.352 e. The van der Waals surface area contributed by atoms with E-state index in [2.05, 4.69) is 27.8 Å². The highest BCUT2D eigenvalue weighted by atomic mass is 32.2. The van der Waals surface area contributed by atoms with E-state index in [9.17, 15) is 9.59 Å². The van der Waals surface area contributed by atoms with Crippen LogP contribution in [0.5, 0.6) is 0 Å². The Kier molecular flexibility index (Phi) is 7.90. The number of hydrogen-bond donors (Lipinski definition) is 2. The highest BCUT2D eigenvalue weighted by Crippen LogP contribution is 2.24. The molecule has 3 atom stereocenters. The van der Waals surface area contributed by atoms with E-state index < -0.39 is 0 Å². The van der Waals surface area contributed by atoms with Crippen LogP contribution in [0.2, 0.25) is 0 Å². The van der Waals surface area contributed by atoms with Crippen LogP contribution in [0.1, 0.15) is 68.7 Å². The smallest absolute Gasteiger partial charge is 0.251 e. The molecule has 2 aromatic rings. The molecule has 162 valence electrons. The molecule has 0 aliphatic heterocycles. The van der Waals surface area contributed by atoms with Gasteiger partial charge in [-0.25, -0.2) is 0 Å². The minimum atomic E-state index is -0.295. The number of amides is 2. The fourth-order valence-corrected chi connectivity index (χ4v) is 4.69. The summed E-state index contributed by atoms with van der Waals surface area (Å²) in [6.07, 6.45) is 4.68. The topological polar surface area (TPSA) is 88.9 Å². The monoisotopic (exact) mass is 429 g/mol. The van der Waals surface area contributed by atoms with Crippen LogP contribution in [0.4, 0.5) is 0 Å². The van der Waals surface area contributed by atoms with E-state index in [1.54, 1.807) is 12.1 Å². The Bertz CT molecular complexity index is 854. The van der Waals surface area contributed by atoms with Crippen molar-refractivity contribution in [1.82, 2.24) is 25.4 Å². The molecular formula is C22H31N5O2S. The average molecular weight is 430 g/mol. The molecule has 1 aromatic carbocycles. The Morgan fingerprint density at radius 3 is 2.63 bits per heavy atom. The lowest BCUT2D eigenvalue weighted by atomic mass is 9.86. The van der Waals surface area contributed by atoms with E-state index in [4.69, 9.17) is 0 Å². The molecule has 2 amide bonds. The van der Waals surface area contributed by atoms with Gasteiger partial charge in [0.25, 0.3) is 5.91 Å². The molecule has 1 aromatic heterocycles. The van der Waals surface area contributed by atoms with Gasteiger partial charge in [-0.2, -0.15) is 0 Å². The molecule has 1 fully saturated rings. The third-order valence-corrected chi connectivity index (χ3v) is 6.59. The number of aromatic nitrogens is 3. The Labute approximate surface area is 182 Å². The average Bonchev–Trinajstić information content (AvgIpc) is 3.17. The second kappa shape index (κ2) is 10.6. The Balaban J connectivity index is 1.58. The van der Waals surface area contributed by atoms with Gasteiger partial charge in [0.1, 0.15) is 0 Å². The molecule has 1 saturated carbocycles. The minimum absolute atomic E-state index is 0.0383. The van der Waals surface area contributed by atoms with Crippen LogP contribution in [-0.2, 0) is 11.3 Å². The summed E-state index contributed by atoms with van der Waals surface area (Å²) < 4.78 is 1.96. The van der Waals surface area contributed by atoms with Crippen molar-refractivity contribution >= 4 is 23.6 Å². The van der Waals surface area contributed by atoms with E-state index in [-0.39, 0.29) is 23.9 Å². The SMILES string of the molecule is CCn1c(SCC(=O)N[C@@H]2CCCC[C@H]2C)nnc1[C@H](C)NC(=O)c1ccccc1. The van der Waals surface area contributed by atoms with Crippen LogP contribution in [0.15, 0.2) is 35.5 Å². The second-order valence-electron chi connectivity index (χ2n) is 7.87. The lowest BCUT2D eigenvalue weighted by Gasteiger charge is -2.29. The Morgan fingerprint density at radius 2 is 1.93 bits per heavy atom. The first-order valence-electron chi connectivity index (χ1n) is 10.7. The lowest BCUT2D eigenvalue weighted by molar-refractivity contribution is -0.119. The maximum Gasteiger partial charge on any atom is 0.251 e. The fourth-order valence-electron chi connectivity index (χ4n) is 3.87. The second-order valence-corrected chi connectivity index (χ2v) is 8.81. The number of nitrogens with one attached hydrogen (secondary N) is 2. The highest BCUT2D eigenvalue weighted by molar-refractivity contribution is 7.99. The standard InChI is InChI=1S/C22H31N5O2S/c1-4-27-20(16(3)23-21(29)17-11-6-5-7-12-17)25-26-22(27)30-14-19(28)24-18-13-9-8-10-15(18)2/h5-7,11-12,15-16,18H,4,8-10,13-14H2,1-3H3,(H,23,29)(H,24,28)/t15-,16+,18-/m1/s1. The predicted molar refractivity (Wildman–Crippen MR) is 118 cm³/mol. The molecule has 0 spiro atoms. The number of thioether (sulfide) groups is 1. The van der Waals surface area contributed by atoms with Gasteiger partial charge in [-0.15, -0.1) is 10.2 Å². The van der Waals surface area contributed by atoms with Crippen molar-refractivity contribution < 1.29 is 9.59 Å². The molecule has 3 rings (SSSR count). The summed E-state index contributed by atoms with van der Waals surface area (Å²) in [4.78, 5) is 24.9. The van der Waals surface area contributed by atoms with Gasteiger partial charge < -0.3 is 15.2 Å². The molecule has 7 nitrogen and oxygen atoms in total. The summed E-state index contributed by atoms with van der Waals surface area (Å²) in [5, 5.41) is 15.4. The van der Waals surface area contributed by atoms with Crippen LogP contribution in [0, 0.1) is 5.92 Å². The van der Waals surface area contributed by atoms with Gasteiger partial charge in [-0.3, -0.25) is 9.59 Å². The molecular weight excluding hydrogens is 398 g/mol. The maximum atomic E-state index is 12.4.